The maximum atomic E-state index is 13.1. The molecule has 0 fully saturated rings. The van der Waals surface area contributed by atoms with Crippen LogP contribution in [0.25, 0.3) is 22.8 Å². The fourth-order valence-corrected chi connectivity index (χ4v) is 3.30. The monoisotopic (exact) mass is 444 g/mol. The highest BCUT2D eigenvalue weighted by molar-refractivity contribution is 6.08. The molecule has 0 radical (unpaired) electrons. The second kappa shape index (κ2) is 10.5. The maximum Gasteiger partial charge on any atom is 0.256 e. The Balaban J connectivity index is 1.57. The first-order valence-corrected chi connectivity index (χ1v) is 10.4. The molecule has 0 bridgehead atoms. The molecule has 0 atom stereocenters. The molecule has 1 N–H and O–H groups in total. The minimum Gasteiger partial charge on any atom is -0.493 e. The van der Waals surface area contributed by atoms with Gasteiger partial charge in [-0.25, -0.2) is 4.98 Å². The number of nitrogens with zero attached hydrogens (tertiary/aromatic N) is 1. The second-order valence-electron chi connectivity index (χ2n) is 7.10. The van der Waals surface area contributed by atoms with Crippen molar-refractivity contribution in [3.8, 4) is 34.3 Å². The summed E-state index contributed by atoms with van der Waals surface area (Å²) in [4.78, 5) is 17.5. The molecule has 4 rings (SSSR count). The van der Waals surface area contributed by atoms with Crippen LogP contribution in [-0.2, 0) is 4.74 Å². The molecule has 1 amide bonds. The van der Waals surface area contributed by atoms with Crippen LogP contribution in [0.2, 0.25) is 0 Å². The van der Waals surface area contributed by atoms with E-state index in [1.54, 1.807) is 50.7 Å². The van der Waals surface area contributed by atoms with Crippen LogP contribution < -0.4 is 14.8 Å². The van der Waals surface area contributed by atoms with Crippen LogP contribution in [0.5, 0.6) is 11.5 Å². The lowest BCUT2D eigenvalue weighted by Gasteiger charge is -2.13. The van der Waals surface area contributed by atoms with Crippen molar-refractivity contribution in [1.82, 2.24) is 4.98 Å². The smallest absolute Gasteiger partial charge is 0.256 e. The van der Waals surface area contributed by atoms with E-state index < -0.39 is 0 Å². The molecule has 0 aliphatic rings. The summed E-state index contributed by atoms with van der Waals surface area (Å²) in [6.07, 6.45) is 1.66. The predicted molar refractivity (Wildman–Crippen MR) is 126 cm³/mol. The second-order valence-corrected chi connectivity index (χ2v) is 7.10. The lowest BCUT2D eigenvalue weighted by Crippen LogP contribution is -2.13. The average Bonchev–Trinajstić information content (AvgIpc) is 3.35. The van der Waals surface area contributed by atoms with Crippen molar-refractivity contribution in [1.29, 1.82) is 0 Å². The van der Waals surface area contributed by atoms with Crippen molar-refractivity contribution in [3.05, 3.63) is 84.6 Å². The van der Waals surface area contributed by atoms with E-state index in [1.165, 1.54) is 0 Å². The van der Waals surface area contributed by atoms with Crippen LogP contribution in [-0.4, -0.2) is 38.3 Å². The Kier molecular flexibility index (Phi) is 7.02. The molecule has 1 aromatic heterocycles. The van der Waals surface area contributed by atoms with E-state index in [9.17, 15) is 4.79 Å². The van der Waals surface area contributed by atoms with Crippen molar-refractivity contribution in [2.24, 2.45) is 0 Å². The van der Waals surface area contributed by atoms with Crippen molar-refractivity contribution >= 4 is 11.6 Å². The van der Waals surface area contributed by atoms with Crippen LogP contribution in [0.3, 0.4) is 0 Å². The van der Waals surface area contributed by atoms with Gasteiger partial charge in [-0.3, -0.25) is 4.79 Å². The molecule has 3 aromatic carbocycles. The number of oxazole rings is 1. The van der Waals surface area contributed by atoms with Gasteiger partial charge in [-0.2, -0.15) is 0 Å². The minimum atomic E-state index is -0.293. The first kappa shape index (κ1) is 22.1. The maximum absolute atomic E-state index is 13.1. The first-order chi connectivity index (χ1) is 16.2. The molecule has 0 saturated carbocycles. The summed E-state index contributed by atoms with van der Waals surface area (Å²) in [5.41, 5.74) is 2.52. The zero-order valence-corrected chi connectivity index (χ0v) is 18.4. The molecular weight excluding hydrogens is 420 g/mol. The summed E-state index contributed by atoms with van der Waals surface area (Å²) in [5, 5.41) is 2.91. The zero-order chi connectivity index (χ0) is 23.0. The number of hydrogen-bond donors (Lipinski definition) is 1. The number of hydrogen-bond acceptors (Lipinski definition) is 6. The van der Waals surface area contributed by atoms with Crippen LogP contribution in [0.4, 0.5) is 5.69 Å². The molecule has 7 heteroatoms. The van der Waals surface area contributed by atoms with Gasteiger partial charge >= 0.3 is 0 Å². The highest BCUT2D eigenvalue weighted by atomic mass is 16.5. The Bertz CT molecular complexity index is 1220. The van der Waals surface area contributed by atoms with Crippen molar-refractivity contribution in [3.63, 3.8) is 0 Å². The Morgan fingerprint density at radius 2 is 1.73 bits per heavy atom. The topological polar surface area (TPSA) is 82.8 Å². The molecule has 7 nitrogen and oxygen atoms in total. The number of benzene rings is 3. The van der Waals surface area contributed by atoms with Crippen LogP contribution in [0, 0.1) is 0 Å². The van der Waals surface area contributed by atoms with Crippen LogP contribution in [0.15, 0.2) is 83.4 Å². The zero-order valence-electron chi connectivity index (χ0n) is 18.4. The number of nitrogens with one attached hydrogen (secondary N) is 1. The molecule has 4 aromatic rings. The van der Waals surface area contributed by atoms with E-state index in [4.69, 9.17) is 18.6 Å². The Hall–Kier alpha value is -4.10. The molecule has 0 unspecified atom stereocenters. The number of ether oxygens (including phenoxy) is 3. The average molecular weight is 444 g/mol. The number of carbonyl (C=O) groups excluding carboxylic acids is 1. The molecular formula is C26H24N2O5. The van der Waals surface area contributed by atoms with Crippen LogP contribution in [0.1, 0.15) is 10.4 Å². The molecule has 0 saturated heterocycles. The van der Waals surface area contributed by atoms with Gasteiger partial charge in [-0.05, 0) is 24.3 Å². The van der Waals surface area contributed by atoms with E-state index in [-0.39, 0.29) is 5.91 Å². The Morgan fingerprint density at radius 1 is 0.939 bits per heavy atom. The summed E-state index contributed by atoms with van der Waals surface area (Å²) >= 11 is 0. The summed E-state index contributed by atoms with van der Waals surface area (Å²) in [6, 6.07) is 22.1. The summed E-state index contributed by atoms with van der Waals surface area (Å²) < 4.78 is 22.0. The van der Waals surface area contributed by atoms with Gasteiger partial charge in [-0.15, -0.1) is 0 Å². The van der Waals surface area contributed by atoms with Gasteiger partial charge in [0.05, 0.1) is 25.5 Å². The third-order valence-electron chi connectivity index (χ3n) is 4.93. The third kappa shape index (κ3) is 5.22. The highest BCUT2D eigenvalue weighted by Gasteiger charge is 2.18. The third-order valence-corrected chi connectivity index (χ3v) is 4.93. The number of amides is 1. The standard InChI is InChI=1S/C26H24N2O5/c1-30-14-15-32-23-16-19(12-13-22(23)31-2)28-25(29)20-10-6-7-11-21(20)26-27-17-24(33-26)18-8-4-3-5-9-18/h3-13,16-17H,14-15H2,1-2H3,(H,28,29). The van der Waals surface area contributed by atoms with Crippen molar-refractivity contribution in [2.75, 3.05) is 32.8 Å². The van der Waals surface area contributed by atoms with Crippen molar-refractivity contribution in [2.45, 2.75) is 0 Å². The summed E-state index contributed by atoms with van der Waals surface area (Å²) in [6.45, 7) is 0.801. The fraction of sp³-hybridized carbons (Fsp3) is 0.154. The minimum absolute atomic E-state index is 0.293. The van der Waals surface area contributed by atoms with Gasteiger partial charge in [-0.1, -0.05) is 42.5 Å². The number of rotatable bonds is 9. The molecule has 0 aliphatic carbocycles. The Labute approximate surface area is 191 Å². The van der Waals surface area contributed by atoms with E-state index in [2.05, 4.69) is 10.3 Å². The largest absolute Gasteiger partial charge is 0.493 e. The van der Waals surface area contributed by atoms with Gasteiger partial charge in [0.25, 0.3) is 5.91 Å². The highest BCUT2D eigenvalue weighted by Crippen LogP contribution is 2.32. The van der Waals surface area contributed by atoms with Gasteiger partial charge in [0, 0.05) is 30.0 Å². The fourth-order valence-electron chi connectivity index (χ4n) is 3.30. The van der Waals surface area contributed by atoms with Gasteiger partial charge < -0.3 is 23.9 Å². The number of anilines is 1. The van der Waals surface area contributed by atoms with Gasteiger partial charge in [0.15, 0.2) is 17.3 Å². The predicted octanol–water partition coefficient (Wildman–Crippen LogP) is 5.29. The summed E-state index contributed by atoms with van der Waals surface area (Å²) in [5.74, 6) is 1.79. The van der Waals surface area contributed by atoms with E-state index in [1.807, 2.05) is 42.5 Å². The van der Waals surface area contributed by atoms with E-state index in [0.29, 0.717) is 53.2 Å². The molecule has 168 valence electrons. The lowest BCUT2D eigenvalue weighted by atomic mass is 10.1. The Morgan fingerprint density at radius 3 is 2.52 bits per heavy atom. The van der Waals surface area contributed by atoms with Crippen LogP contribution >= 0.6 is 0 Å². The quantitative estimate of drug-likeness (QED) is 0.353. The normalized spacial score (nSPS) is 10.6. The molecule has 1 heterocycles. The van der Waals surface area contributed by atoms with Crippen molar-refractivity contribution < 1.29 is 23.4 Å². The van der Waals surface area contributed by atoms with E-state index >= 15 is 0 Å². The molecule has 0 spiro atoms. The first-order valence-electron chi connectivity index (χ1n) is 10.4. The number of methoxy groups -OCH3 is 2. The van der Waals surface area contributed by atoms with Gasteiger partial charge in [0.2, 0.25) is 5.89 Å². The molecule has 33 heavy (non-hydrogen) atoms. The summed E-state index contributed by atoms with van der Waals surface area (Å²) in [7, 11) is 3.17. The van der Waals surface area contributed by atoms with E-state index in [0.717, 1.165) is 5.56 Å². The SMILES string of the molecule is COCCOc1cc(NC(=O)c2ccccc2-c2ncc(-c3ccccc3)o2)ccc1OC. The number of aromatic nitrogens is 1. The van der Waals surface area contributed by atoms with Gasteiger partial charge in [0.1, 0.15) is 6.61 Å². The lowest BCUT2D eigenvalue weighted by molar-refractivity contribution is 0.102. The number of carbonyl (C=O) groups is 1. The molecule has 0 aliphatic heterocycles.